The van der Waals surface area contributed by atoms with Crippen molar-refractivity contribution in [2.75, 3.05) is 7.11 Å². The molecule has 0 aliphatic heterocycles. The van der Waals surface area contributed by atoms with E-state index in [1.54, 1.807) is 0 Å². The Morgan fingerprint density at radius 3 is 2.58 bits per heavy atom. The van der Waals surface area contributed by atoms with E-state index in [0.717, 1.165) is 44.9 Å². The third-order valence-electron chi connectivity index (χ3n) is 7.70. The van der Waals surface area contributed by atoms with Crippen molar-refractivity contribution in [2.24, 2.45) is 22.2 Å². The Balaban J connectivity index is 2.04. The SMILES string of the molecule is C=C[C@]1(C)CCC2=C(CC[C@H]3[C@](C)(C(=O)OC)CCC[C@]23C)[C@@H]1O. The van der Waals surface area contributed by atoms with Crippen LogP contribution in [0.4, 0.5) is 0 Å². The fourth-order valence-corrected chi connectivity index (χ4v) is 6.06. The van der Waals surface area contributed by atoms with Crippen LogP contribution in [0.3, 0.4) is 0 Å². The van der Waals surface area contributed by atoms with Crippen molar-refractivity contribution in [2.45, 2.75) is 71.8 Å². The smallest absolute Gasteiger partial charge is 0.311 e. The van der Waals surface area contributed by atoms with Crippen LogP contribution in [-0.2, 0) is 9.53 Å². The molecule has 0 heterocycles. The van der Waals surface area contributed by atoms with Crippen LogP contribution < -0.4 is 0 Å². The van der Waals surface area contributed by atoms with Crippen LogP contribution in [0.15, 0.2) is 23.8 Å². The van der Waals surface area contributed by atoms with Crippen molar-refractivity contribution >= 4 is 5.97 Å². The van der Waals surface area contributed by atoms with Gasteiger partial charge in [-0.2, -0.15) is 0 Å². The van der Waals surface area contributed by atoms with Crippen molar-refractivity contribution in [3.8, 4) is 0 Å². The number of methoxy groups -OCH3 is 1. The summed E-state index contributed by atoms with van der Waals surface area (Å²) in [6, 6.07) is 0. The first kappa shape index (κ1) is 17.7. The number of hydrogen-bond acceptors (Lipinski definition) is 3. The highest BCUT2D eigenvalue weighted by atomic mass is 16.5. The molecule has 3 aliphatic rings. The molecule has 0 radical (unpaired) electrons. The summed E-state index contributed by atoms with van der Waals surface area (Å²) < 4.78 is 5.18. The normalized spacial score (nSPS) is 45.2. The first-order chi connectivity index (χ1) is 11.2. The Morgan fingerprint density at radius 2 is 1.96 bits per heavy atom. The molecule has 24 heavy (non-hydrogen) atoms. The maximum Gasteiger partial charge on any atom is 0.311 e. The zero-order valence-corrected chi connectivity index (χ0v) is 15.7. The highest BCUT2D eigenvalue weighted by Crippen LogP contribution is 2.63. The van der Waals surface area contributed by atoms with Gasteiger partial charge in [-0.15, -0.1) is 6.58 Å². The van der Waals surface area contributed by atoms with Crippen LogP contribution in [-0.4, -0.2) is 24.3 Å². The predicted molar refractivity (Wildman–Crippen MR) is 95.4 cm³/mol. The molecule has 0 saturated heterocycles. The van der Waals surface area contributed by atoms with Crippen LogP contribution in [0.25, 0.3) is 0 Å². The number of hydrogen-bond donors (Lipinski definition) is 1. The van der Waals surface area contributed by atoms with E-state index >= 15 is 0 Å². The summed E-state index contributed by atoms with van der Waals surface area (Å²) in [6.45, 7) is 10.5. The highest BCUT2D eigenvalue weighted by molar-refractivity contribution is 5.77. The van der Waals surface area contributed by atoms with Gasteiger partial charge in [0, 0.05) is 5.41 Å². The monoisotopic (exact) mass is 332 g/mol. The average Bonchev–Trinajstić information content (AvgIpc) is 2.57. The maximum atomic E-state index is 12.6. The molecule has 0 amide bonds. The van der Waals surface area contributed by atoms with Crippen LogP contribution >= 0.6 is 0 Å². The molecule has 0 aromatic carbocycles. The number of rotatable bonds is 2. The van der Waals surface area contributed by atoms with Crippen LogP contribution in [0.5, 0.6) is 0 Å². The molecule has 0 aromatic heterocycles. The average molecular weight is 332 g/mol. The van der Waals surface area contributed by atoms with Crippen LogP contribution in [0.2, 0.25) is 0 Å². The Kier molecular flexibility index (Phi) is 4.23. The lowest BCUT2D eigenvalue weighted by Gasteiger charge is -2.57. The van der Waals surface area contributed by atoms with Gasteiger partial charge in [0.25, 0.3) is 0 Å². The second-order valence-electron chi connectivity index (χ2n) is 8.89. The molecule has 3 heteroatoms. The van der Waals surface area contributed by atoms with E-state index < -0.39 is 11.5 Å². The van der Waals surface area contributed by atoms with E-state index in [1.165, 1.54) is 18.3 Å². The number of aliphatic hydroxyl groups excluding tert-OH is 1. The van der Waals surface area contributed by atoms with Crippen molar-refractivity contribution in [1.82, 2.24) is 0 Å². The summed E-state index contributed by atoms with van der Waals surface area (Å²) in [6.07, 6.45) is 8.38. The van der Waals surface area contributed by atoms with Crippen molar-refractivity contribution in [1.29, 1.82) is 0 Å². The summed E-state index contributed by atoms with van der Waals surface area (Å²) >= 11 is 0. The summed E-state index contributed by atoms with van der Waals surface area (Å²) in [4.78, 5) is 12.6. The van der Waals surface area contributed by atoms with Gasteiger partial charge in [0.15, 0.2) is 0 Å². The van der Waals surface area contributed by atoms with E-state index in [1.807, 2.05) is 6.08 Å². The maximum absolute atomic E-state index is 12.6. The lowest BCUT2D eigenvalue weighted by atomic mass is 9.47. The number of allylic oxidation sites excluding steroid dienone is 1. The van der Waals surface area contributed by atoms with Gasteiger partial charge in [-0.3, -0.25) is 4.79 Å². The van der Waals surface area contributed by atoms with E-state index in [9.17, 15) is 9.90 Å². The van der Waals surface area contributed by atoms with Crippen molar-refractivity contribution in [3.63, 3.8) is 0 Å². The minimum Gasteiger partial charge on any atom is -0.469 e. The Hall–Kier alpha value is -1.09. The number of aliphatic hydroxyl groups is 1. The van der Waals surface area contributed by atoms with Crippen LogP contribution in [0.1, 0.15) is 65.7 Å². The van der Waals surface area contributed by atoms with Gasteiger partial charge in [-0.05, 0) is 62.4 Å². The van der Waals surface area contributed by atoms with Crippen LogP contribution in [0, 0.1) is 22.2 Å². The van der Waals surface area contributed by atoms with E-state index in [-0.39, 0.29) is 16.8 Å². The molecule has 3 aliphatic carbocycles. The van der Waals surface area contributed by atoms with Crippen molar-refractivity contribution in [3.05, 3.63) is 23.8 Å². The largest absolute Gasteiger partial charge is 0.469 e. The molecule has 1 N–H and O–H groups in total. The lowest BCUT2D eigenvalue weighted by Crippen LogP contribution is -2.53. The molecule has 0 unspecified atom stereocenters. The topological polar surface area (TPSA) is 46.5 Å². The molecule has 0 bridgehead atoms. The number of carbonyl (C=O) groups is 1. The minimum atomic E-state index is -0.428. The summed E-state index contributed by atoms with van der Waals surface area (Å²) in [5.41, 5.74) is 2.06. The van der Waals surface area contributed by atoms with Gasteiger partial charge < -0.3 is 9.84 Å². The Morgan fingerprint density at radius 1 is 1.25 bits per heavy atom. The van der Waals surface area contributed by atoms with Gasteiger partial charge in [0.2, 0.25) is 0 Å². The molecule has 5 atom stereocenters. The molecular weight excluding hydrogens is 300 g/mol. The number of carbonyl (C=O) groups excluding carboxylic acids is 1. The standard InChI is InChI=1S/C21H32O3/c1-6-19(2)13-10-15-14(17(19)22)8-9-16-20(15,3)11-7-12-21(16,4)18(23)24-5/h6,16-17,22H,1,7-13H2,2-5H3/t16-,17+,19-,20-,21-/m1/s1. The highest BCUT2D eigenvalue weighted by Gasteiger charge is 2.58. The number of fused-ring (bicyclic) bond motifs is 2. The predicted octanol–water partition coefficient (Wildman–Crippen LogP) is 4.41. The Bertz CT molecular complexity index is 592. The molecular formula is C21H32O3. The molecule has 3 rings (SSSR count). The molecule has 0 spiro atoms. The lowest BCUT2D eigenvalue weighted by molar-refractivity contribution is -0.163. The fraction of sp³-hybridized carbons (Fsp3) is 0.762. The quantitative estimate of drug-likeness (QED) is 0.602. The first-order valence-corrected chi connectivity index (χ1v) is 9.35. The van der Waals surface area contributed by atoms with Crippen molar-refractivity contribution < 1.29 is 14.6 Å². The second kappa shape index (κ2) is 5.72. The molecule has 3 nitrogen and oxygen atoms in total. The second-order valence-corrected chi connectivity index (χ2v) is 8.89. The number of ether oxygens (including phenoxy) is 1. The molecule has 1 saturated carbocycles. The summed E-state index contributed by atoms with van der Waals surface area (Å²) in [7, 11) is 1.51. The molecule has 0 aromatic rings. The zero-order chi connectivity index (χ0) is 17.8. The first-order valence-electron chi connectivity index (χ1n) is 9.35. The number of esters is 1. The van der Waals surface area contributed by atoms with E-state index in [0.29, 0.717) is 5.92 Å². The minimum absolute atomic E-state index is 0.0122. The fourth-order valence-electron chi connectivity index (χ4n) is 6.06. The zero-order valence-electron chi connectivity index (χ0n) is 15.7. The van der Waals surface area contributed by atoms with Gasteiger partial charge in [0.1, 0.15) is 0 Å². The van der Waals surface area contributed by atoms with Gasteiger partial charge in [-0.25, -0.2) is 0 Å². The van der Waals surface area contributed by atoms with Gasteiger partial charge in [0.05, 0.1) is 18.6 Å². The van der Waals surface area contributed by atoms with Gasteiger partial charge >= 0.3 is 5.97 Å². The summed E-state index contributed by atoms with van der Waals surface area (Å²) in [5, 5.41) is 11.0. The van der Waals surface area contributed by atoms with Gasteiger partial charge in [-0.1, -0.05) is 31.9 Å². The Labute approximate surface area is 146 Å². The van der Waals surface area contributed by atoms with E-state index in [4.69, 9.17) is 4.74 Å². The van der Waals surface area contributed by atoms with E-state index in [2.05, 4.69) is 27.4 Å². The third-order valence-corrected chi connectivity index (χ3v) is 7.70. The molecule has 1 fully saturated rings. The third kappa shape index (κ3) is 2.23. The molecule has 134 valence electrons. The summed E-state index contributed by atoms with van der Waals surface area (Å²) in [5.74, 6) is 0.250.